The predicted octanol–water partition coefficient (Wildman–Crippen LogP) is 2.05. The van der Waals surface area contributed by atoms with Gasteiger partial charge in [-0.25, -0.2) is 0 Å². The molecule has 2 aliphatic rings. The fourth-order valence-corrected chi connectivity index (χ4v) is 2.36. The summed E-state index contributed by atoms with van der Waals surface area (Å²) in [6, 6.07) is 0.576. The van der Waals surface area contributed by atoms with E-state index in [9.17, 15) is 4.79 Å². The molecule has 0 bridgehead atoms. The Kier molecular flexibility index (Phi) is 5.74. The van der Waals surface area contributed by atoms with Crippen LogP contribution >= 0.6 is 12.4 Å². The summed E-state index contributed by atoms with van der Waals surface area (Å²) in [5.74, 6) is 1.36. The van der Waals surface area contributed by atoms with Crippen molar-refractivity contribution >= 4 is 18.3 Å². The van der Waals surface area contributed by atoms with E-state index in [1.54, 1.807) is 0 Å². The minimum Gasteiger partial charge on any atom is -0.339 e. The third kappa shape index (κ3) is 4.14. The van der Waals surface area contributed by atoms with Crippen molar-refractivity contribution in [3.63, 3.8) is 0 Å². The molecule has 1 amide bonds. The zero-order valence-corrected chi connectivity index (χ0v) is 11.8. The first-order valence-electron chi connectivity index (χ1n) is 6.69. The summed E-state index contributed by atoms with van der Waals surface area (Å²) in [6.45, 7) is 7.33. The number of halogens is 1. The average molecular weight is 261 g/mol. The van der Waals surface area contributed by atoms with Gasteiger partial charge in [0.15, 0.2) is 0 Å². The van der Waals surface area contributed by atoms with Crippen LogP contribution in [0.3, 0.4) is 0 Å². The van der Waals surface area contributed by atoms with E-state index in [-0.39, 0.29) is 18.3 Å². The highest BCUT2D eigenvalue weighted by molar-refractivity contribution is 5.85. The summed E-state index contributed by atoms with van der Waals surface area (Å²) in [6.07, 6.45) is 4.63. The van der Waals surface area contributed by atoms with Gasteiger partial charge in [-0.1, -0.05) is 13.8 Å². The third-order valence-corrected chi connectivity index (χ3v) is 3.63. The van der Waals surface area contributed by atoms with Crippen molar-refractivity contribution < 1.29 is 4.79 Å². The van der Waals surface area contributed by atoms with Crippen molar-refractivity contribution in [3.8, 4) is 0 Å². The van der Waals surface area contributed by atoms with Crippen LogP contribution in [0.15, 0.2) is 0 Å². The molecule has 1 saturated heterocycles. The van der Waals surface area contributed by atoms with Crippen LogP contribution in [0.2, 0.25) is 0 Å². The average Bonchev–Trinajstić information content (AvgIpc) is 2.93. The third-order valence-electron chi connectivity index (χ3n) is 3.63. The Morgan fingerprint density at radius 2 is 2.06 bits per heavy atom. The van der Waals surface area contributed by atoms with Crippen LogP contribution in [0.4, 0.5) is 0 Å². The zero-order valence-electron chi connectivity index (χ0n) is 10.9. The van der Waals surface area contributed by atoms with Crippen molar-refractivity contribution in [3.05, 3.63) is 0 Å². The molecule has 100 valence electrons. The Morgan fingerprint density at radius 3 is 2.53 bits per heavy atom. The molecular formula is C13H25ClN2O. The number of amides is 1. The summed E-state index contributed by atoms with van der Waals surface area (Å²) >= 11 is 0. The molecule has 0 radical (unpaired) electrons. The Balaban J connectivity index is 0.00000144. The van der Waals surface area contributed by atoms with E-state index in [1.807, 2.05) is 0 Å². The standard InChI is InChI=1S/C13H24N2O.ClH/c1-10(2)6-8-15(12-3-4-12)13(16)11-5-7-14-9-11;/h10-12,14H,3-9H2,1-2H3;1H. The van der Waals surface area contributed by atoms with Crippen LogP contribution in [0, 0.1) is 11.8 Å². The molecule has 1 unspecified atom stereocenters. The highest BCUT2D eigenvalue weighted by atomic mass is 35.5. The molecule has 0 spiro atoms. The largest absolute Gasteiger partial charge is 0.339 e. The molecule has 0 aromatic heterocycles. The van der Waals surface area contributed by atoms with Gasteiger partial charge >= 0.3 is 0 Å². The molecule has 1 aliphatic heterocycles. The van der Waals surface area contributed by atoms with E-state index in [0.29, 0.717) is 17.9 Å². The number of rotatable bonds is 5. The lowest BCUT2D eigenvalue weighted by atomic mass is 10.1. The molecule has 0 aromatic carbocycles. The number of hydrogen-bond donors (Lipinski definition) is 1. The van der Waals surface area contributed by atoms with E-state index in [1.165, 1.54) is 12.8 Å². The first kappa shape index (κ1) is 14.8. The summed E-state index contributed by atoms with van der Waals surface area (Å²) in [5.41, 5.74) is 0. The Bertz CT molecular complexity index is 248. The van der Waals surface area contributed by atoms with E-state index >= 15 is 0 Å². The second-order valence-corrected chi connectivity index (χ2v) is 5.64. The van der Waals surface area contributed by atoms with Gasteiger partial charge in [-0.3, -0.25) is 4.79 Å². The smallest absolute Gasteiger partial charge is 0.227 e. The highest BCUT2D eigenvalue weighted by Crippen LogP contribution is 2.29. The van der Waals surface area contributed by atoms with Crippen LogP contribution in [-0.2, 0) is 4.79 Å². The van der Waals surface area contributed by atoms with Crippen molar-refractivity contribution in [2.45, 2.75) is 45.6 Å². The highest BCUT2D eigenvalue weighted by Gasteiger charge is 2.36. The first-order valence-corrected chi connectivity index (χ1v) is 6.69. The topological polar surface area (TPSA) is 32.3 Å². The minimum absolute atomic E-state index is 0. The van der Waals surface area contributed by atoms with Crippen molar-refractivity contribution in [1.29, 1.82) is 0 Å². The number of carbonyl (C=O) groups is 1. The fraction of sp³-hybridized carbons (Fsp3) is 0.923. The van der Waals surface area contributed by atoms with Crippen LogP contribution in [0.1, 0.15) is 39.5 Å². The molecule has 4 heteroatoms. The Morgan fingerprint density at radius 1 is 1.35 bits per heavy atom. The van der Waals surface area contributed by atoms with Gasteiger partial charge in [0.25, 0.3) is 0 Å². The molecule has 1 heterocycles. The molecule has 3 nitrogen and oxygen atoms in total. The number of carbonyl (C=O) groups excluding carboxylic acids is 1. The van der Waals surface area contributed by atoms with Crippen molar-refractivity contribution in [2.24, 2.45) is 11.8 Å². The van der Waals surface area contributed by atoms with E-state index in [4.69, 9.17) is 0 Å². The summed E-state index contributed by atoms with van der Waals surface area (Å²) < 4.78 is 0. The molecular weight excluding hydrogens is 236 g/mol. The van der Waals surface area contributed by atoms with Crippen LogP contribution in [0.25, 0.3) is 0 Å². The lowest BCUT2D eigenvalue weighted by Crippen LogP contribution is -2.39. The lowest BCUT2D eigenvalue weighted by Gasteiger charge is -2.26. The van der Waals surface area contributed by atoms with Crippen molar-refractivity contribution in [2.75, 3.05) is 19.6 Å². The van der Waals surface area contributed by atoms with Crippen molar-refractivity contribution in [1.82, 2.24) is 10.2 Å². The number of hydrogen-bond acceptors (Lipinski definition) is 2. The normalized spacial score (nSPS) is 23.6. The molecule has 0 aromatic rings. The maximum absolute atomic E-state index is 12.3. The van der Waals surface area contributed by atoms with Gasteiger partial charge in [0.1, 0.15) is 0 Å². The molecule has 2 rings (SSSR count). The van der Waals surface area contributed by atoms with Gasteiger partial charge in [0.05, 0.1) is 5.92 Å². The quantitative estimate of drug-likeness (QED) is 0.821. The van der Waals surface area contributed by atoms with Crippen LogP contribution in [0.5, 0.6) is 0 Å². The van der Waals surface area contributed by atoms with Gasteiger partial charge in [-0.15, -0.1) is 12.4 Å². The first-order chi connectivity index (χ1) is 7.68. The number of nitrogens with one attached hydrogen (secondary N) is 1. The van der Waals surface area contributed by atoms with Gasteiger partial charge in [-0.05, 0) is 38.1 Å². The molecule has 1 N–H and O–H groups in total. The van der Waals surface area contributed by atoms with Crippen LogP contribution < -0.4 is 5.32 Å². The van der Waals surface area contributed by atoms with E-state index < -0.39 is 0 Å². The Hall–Kier alpha value is -0.280. The van der Waals surface area contributed by atoms with E-state index in [0.717, 1.165) is 32.5 Å². The zero-order chi connectivity index (χ0) is 11.5. The number of nitrogens with zero attached hydrogens (tertiary/aromatic N) is 1. The maximum atomic E-state index is 12.3. The van der Waals surface area contributed by atoms with Gasteiger partial charge in [0.2, 0.25) is 5.91 Å². The van der Waals surface area contributed by atoms with Gasteiger partial charge < -0.3 is 10.2 Å². The second-order valence-electron chi connectivity index (χ2n) is 5.64. The molecule has 2 fully saturated rings. The molecule has 1 aliphatic carbocycles. The van der Waals surface area contributed by atoms with Gasteiger partial charge in [0, 0.05) is 19.1 Å². The molecule has 17 heavy (non-hydrogen) atoms. The fourth-order valence-electron chi connectivity index (χ4n) is 2.36. The molecule has 1 atom stereocenters. The maximum Gasteiger partial charge on any atom is 0.227 e. The summed E-state index contributed by atoms with van der Waals surface area (Å²) in [4.78, 5) is 14.5. The lowest BCUT2D eigenvalue weighted by molar-refractivity contribution is -0.135. The van der Waals surface area contributed by atoms with Crippen LogP contribution in [-0.4, -0.2) is 36.5 Å². The predicted molar refractivity (Wildman–Crippen MR) is 72.4 cm³/mol. The minimum atomic E-state index is 0. The summed E-state index contributed by atoms with van der Waals surface area (Å²) in [7, 11) is 0. The monoisotopic (exact) mass is 260 g/mol. The SMILES string of the molecule is CC(C)CCN(C(=O)C1CCNC1)C1CC1.Cl. The van der Waals surface area contributed by atoms with Gasteiger partial charge in [-0.2, -0.15) is 0 Å². The molecule has 1 saturated carbocycles. The summed E-state index contributed by atoms with van der Waals surface area (Å²) in [5, 5.41) is 3.28. The van der Waals surface area contributed by atoms with E-state index in [2.05, 4.69) is 24.1 Å². The second kappa shape index (κ2) is 6.60. The Labute approximate surface area is 111 Å².